The Morgan fingerprint density at radius 1 is 1.36 bits per heavy atom. The van der Waals surface area contributed by atoms with Gasteiger partial charge < -0.3 is 10.2 Å². The fourth-order valence-corrected chi connectivity index (χ4v) is 4.16. The summed E-state index contributed by atoms with van der Waals surface area (Å²) in [4.78, 5) is 29.1. The molecule has 2 aliphatic heterocycles. The number of nitrogens with zero attached hydrogens (tertiary/aromatic N) is 2. The highest BCUT2D eigenvalue weighted by molar-refractivity contribution is 7.08. The van der Waals surface area contributed by atoms with Crippen molar-refractivity contribution in [2.75, 3.05) is 19.6 Å². The summed E-state index contributed by atoms with van der Waals surface area (Å²) in [5, 5.41) is 6.96. The third-order valence-corrected chi connectivity index (χ3v) is 5.47. The van der Waals surface area contributed by atoms with Gasteiger partial charge in [-0.1, -0.05) is 32.3 Å². The summed E-state index contributed by atoms with van der Waals surface area (Å²) in [5.74, 6) is 0.0526. The average molecular weight is 359 g/mol. The van der Waals surface area contributed by atoms with Crippen molar-refractivity contribution in [1.82, 2.24) is 15.1 Å². The van der Waals surface area contributed by atoms with E-state index < -0.39 is 0 Å². The van der Waals surface area contributed by atoms with Crippen molar-refractivity contribution in [3.8, 4) is 0 Å². The van der Waals surface area contributed by atoms with Gasteiger partial charge in [-0.05, 0) is 28.8 Å². The van der Waals surface area contributed by atoms with Crippen molar-refractivity contribution in [2.24, 2.45) is 0 Å². The molecule has 134 valence electrons. The Hall–Kier alpha value is -2.08. The molecule has 1 atom stereocenters. The van der Waals surface area contributed by atoms with Gasteiger partial charge in [0.2, 0.25) is 0 Å². The Morgan fingerprint density at radius 3 is 2.88 bits per heavy atom. The van der Waals surface area contributed by atoms with E-state index in [2.05, 4.69) is 18.8 Å². The molecular weight excluding hydrogens is 334 g/mol. The number of nitrogens with one attached hydrogen (secondary N) is 1. The number of hydrogen-bond donors (Lipinski definition) is 1. The zero-order chi connectivity index (χ0) is 17.8. The molecule has 0 aromatic carbocycles. The number of unbranched alkanes of at least 4 members (excludes halogenated alkanes) is 3. The Kier molecular flexibility index (Phi) is 5.58. The van der Waals surface area contributed by atoms with Crippen molar-refractivity contribution in [3.05, 3.63) is 46.3 Å². The summed E-state index contributed by atoms with van der Waals surface area (Å²) < 4.78 is 0. The number of urea groups is 1. The van der Waals surface area contributed by atoms with Crippen molar-refractivity contribution < 1.29 is 9.59 Å². The highest BCUT2D eigenvalue weighted by Gasteiger charge is 2.43. The van der Waals surface area contributed by atoms with Crippen LogP contribution in [0.1, 0.15) is 44.2 Å². The van der Waals surface area contributed by atoms with Crippen LogP contribution in [-0.4, -0.2) is 41.4 Å². The average Bonchev–Trinajstić information content (AvgIpc) is 3.23. The van der Waals surface area contributed by atoms with E-state index in [-0.39, 0.29) is 18.0 Å². The van der Waals surface area contributed by atoms with E-state index in [9.17, 15) is 9.59 Å². The summed E-state index contributed by atoms with van der Waals surface area (Å²) in [5.41, 5.74) is 2.53. The highest BCUT2D eigenvalue weighted by Crippen LogP contribution is 2.36. The van der Waals surface area contributed by atoms with E-state index in [1.165, 1.54) is 12.8 Å². The first-order valence-electron chi connectivity index (χ1n) is 8.90. The van der Waals surface area contributed by atoms with Crippen LogP contribution in [0.3, 0.4) is 0 Å². The Morgan fingerprint density at radius 2 is 2.20 bits per heavy atom. The van der Waals surface area contributed by atoms with Crippen molar-refractivity contribution in [3.63, 3.8) is 0 Å². The van der Waals surface area contributed by atoms with Crippen LogP contribution in [0.15, 0.2) is 40.8 Å². The second kappa shape index (κ2) is 7.87. The molecule has 0 bridgehead atoms. The molecular formula is C19H25N3O2S. The molecule has 0 saturated heterocycles. The molecule has 6 heteroatoms. The molecule has 0 aliphatic carbocycles. The third-order valence-electron chi connectivity index (χ3n) is 4.77. The van der Waals surface area contributed by atoms with Crippen LogP contribution in [0.5, 0.6) is 0 Å². The van der Waals surface area contributed by atoms with Crippen molar-refractivity contribution in [1.29, 1.82) is 0 Å². The normalized spacial score (nSPS) is 20.1. The molecule has 1 aromatic rings. The second-order valence-electron chi connectivity index (χ2n) is 6.49. The summed E-state index contributed by atoms with van der Waals surface area (Å²) in [7, 11) is 0. The van der Waals surface area contributed by atoms with E-state index >= 15 is 0 Å². The summed E-state index contributed by atoms with van der Waals surface area (Å²) >= 11 is 1.57. The lowest BCUT2D eigenvalue weighted by atomic mass is 9.98. The van der Waals surface area contributed by atoms with Gasteiger partial charge in [0.05, 0.1) is 23.9 Å². The lowest BCUT2D eigenvalue weighted by Crippen LogP contribution is -2.47. The largest absolute Gasteiger partial charge is 0.333 e. The predicted octanol–water partition coefficient (Wildman–Crippen LogP) is 3.68. The van der Waals surface area contributed by atoms with Crippen LogP contribution >= 0.6 is 11.3 Å². The SMILES string of the molecule is C=CCN1C(=O)N[C@@H](c2ccsc2)C2=C1CN(CCCCCC)C2=O. The molecule has 3 amide bonds. The Bertz CT molecular complexity index is 681. The van der Waals surface area contributed by atoms with Gasteiger partial charge in [0.25, 0.3) is 5.91 Å². The third kappa shape index (κ3) is 3.49. The number of hydrogen-bond acceptors (Lipinski definition) is 3. The molecule has 25 heavy (non-hydrogen) atoms. The number of amides is 3. The lowest BCUT2D eigenvalue weighted by Gasteiger charge is -2.32. The smallest absolute Gasteiger partial charge is 0.322 e. The number of rotatable bonds is 8. The van der Waals surface area contributed by atoms with E-state index in [4.69, 9.17) is 0 Å². The standard InChI is InChI=1S/C19H25N3O2S/c1-3-5-6-7-10-21-12-15-16(18(21)23)17(14-8-11-25-13-14)20-19(24)22(15)9-4-2/h4,8,11,13,17H,2-3,5-7,9-10,12H2,1H3,(H,20,24)/t17-/m0/s1. The molecule has 0 unspecified atom stereocenters. The summed E-state index contributed by atoms with van der Waals surface area (Å²) in [6.07, 6.45) is 6.20. The quantitative estimate of drug-likeness (QED) is 0.569. The fourth-order valence-electron chi connectivity index (χ4n) is 3.47. The van der Waals surface area contributed by atoms with Gasteiger partial charge in [-0.3, -0.25) is 9.69 Å². The van der Waals surface area contributed by atoms with E-state index in [1.54, 1.807) is 22.3 Å². The summed E-state index contributed by atoms with van der Waals surface area (Å²) in [6, 6.07) is 1.47. The minimum absolute atomic E-state index is 0.0526. The second-order valence-corrected chi connectivity index (χ2v) is 7.27. The highest BCUT2D eigenvalue weighted by atomic mass is 32.1. The van der Waals surface area contributed by atoms with Gasteiger partial charge >= 0.3 is 6.03 Å². The zero-order valence-corrected chi connectivity index (χ0v) is 15.5. The zero-order valence-electron chi connectivity index (χ0n) is 14.7. The van der Waals surface area contributed by atoms with Gasteiger partial charge in [-0.25, -0.2) is 4.79 Å². The number of carbonyl (C=O) groups excluding carboxylic acids is 2. The first kappa shape index (κ1) is 17.7. The van der Waals surface area contributed by atoms with E-state index in [0.29, 0.717) is 13.1 Å². The van der Waals surface area contributed by atoms with Crippen LogP contribution in [0, 0.1) is 0 Å². The van der Waals surface area contributed by atoms with Crippen LogP contribution in [-0.2, 0) is 4.79 Å². The van der Waals surface area contributed by atoms with E-state index in [1.807, 2.05) is 21.7 Å². The first-order valence-corrected chi connectivity index (χ1v) is 9.85. The minimum atomic E-state index is -0.344. The first-order chi connectivity index (χ1) is 12.2. The molecule has 1 N–H and O–H groups in total. The molecule has 0 fully saturated rings. The van der Waals surface area contributed by atoms with E-state index in [0.717, 1.165) is 36.2 Å². The Labute approximate surface area is 153 Å². The molecule has 5 nitrogen and oxygen atoms in total. The van der Waals surface area contributed by atoms with Crippen LogP contribution in [0.2, 0.25) is 0 Å². The predicted molar refractivity (Wildman–Crippen MR) is 100 cm³/mol. The van der Waals surface area contributed by atoms with Gasteiger partial charge in [-0.15, -0.1) is 6.58 Å². The number of thiophene rings is 1. The topological polar surface area (TPSA) is 52.7 Å². The Balaban J connectivity index is 1.85. The number of carbonyl (C=O) groups is 2. The monoisotopic (exact) mass is 359 g/mol. The molecule has 0 radical (unpaired) electrons. The van der Waals surface area contributed by atoms with Crippen molar-refractivity contribution in [2.45, 2.75) is 38.6 Å². The van der Waals surface area contributed by atoms with Crippen LogP contribution < -0.4 is 5.32 Å². The molecule has 2 aliphatic rings. The summed E-state index contributed by atoms with van der Waals surface area (Å²) in [6.45, 7) is 7.60. The molecule has 1 aromatic heterocycles. The maximum atomic E-state index is 13.0. The van der Waals surface area contributed by atoms with Crippen LogP contribution in [0.4, 0.5) is 4.79 Å². The van der Waals surface area contributed by atoms with Crippen LogP contribution in [0.25, 0.3) is 0 Å². The van der Waals surface area contributed by atoms with Crippen molar-refractivity contribution >= 4 is 23.3 Å². The molecule has 0 saturated carbocycles. The van der Waals surface area contributed by atoms with Gasteiger partial charge in [-0.2, -0.15) is 11.3 Å². The van der Waals surface area contributed by atoms with Gasteiger partial charge in [0.15, 0.2) is 0 Å². The minimum Gasteiger partial charge on any atom is -0.333 e. The lowest BCUT2D eigenvalue weighted by molar-refractivity contribution is -0.125. The van der Waals surface area contributed by atoms with Gasteiger partial charge in [0, 0.05) is 13.1 Å². The maximum absolute atomic E-state index is 13.0. The molecule has 3 heterocycles. The molecule has 0 spiro atoms. The maximum Gasteiger partial charge on any atom is 0.322 e. The van der Waals surface area contributed by atoms with Gasteiger partial charge in [0.1, 0.15) is 0 Å². The fraction of sp³-hybridized carbons (Fsp3) is 0.474. The molecule has 3 rings (SSSR count).